The summed E-state index contributed by atoms with van der Waals surface area (Å²) in [6.07, 6.45) is 8.27. The van der Waals surface area contributed by atoms with Crippen molar-refractivity contribution in [3.8, 4) is 0 Å². The summed E-state index contributed by atoms with van der Waals surface area (Å²) in [6, 6.07) is -0.289. The summed E-state index contributed by atoms with van der Waals surface area (Å²) in [7, 11) is 0. The van der Waals surface area contributed by atoms with E-state index in [2.05, 4.69) is 10.6 Å². The second kappa shape index (κ2) is 8.95. The van der Waals surface area contributed by atoms with Crippen LogP contribution in [0.25, 0.3) is 0 Å². The first-order valence-electron chi connectivity index (χ1n) is 7.83. The summed E-state index contributed by atoms with van der Waals surface area (Å²) in [6.45, 7) is 3.80. The van der Waals surface area contributed by atoms with Gasteiger partial charge in [-0.1, -0.05) is 46.0 Å². The molecule has 1 rings (SSSR count). The topological polar surface area (TPSA) is 84.2 Å². The maximum Gasteiger partial charge on any atom is 0.239 e. The highest BCUT2D eigenvalue weighted by molar-refractivity contribution is 5.87. The van der Waals surface area contributed by atoms with Gasteiger partial charge >= 0.3 is 0 Å². The van der Waals surface area contributed by atoms with Gasteiger partial charge in [0.25, 0.3) is 0 Å². The molecule has 5 heteroatoms. The fourth-order valence-electron chi connectivity index (χ4n) is 2.47. The summed E-state index contributed by atoms with van der Waals surface area (Å²) in [5.41, 5.74) is 5.72. The predicted molar refractivity (Wildman–Crippen MR) is 80.1 cm³/mol. The molecule has 0 aliphatic heterocycles. The van der Waals surface area contributed by atoms with Gasteiger partial charge in [-0.05, 0) is 18.8 Å². The molecule has 2 amide bonds. The zero-order valence-corrected chi connectivity index (χ0v) is 12.8. The van der Waals surface area contributed by atoms with Gasteiger partial charge in [0, 0.05) is 6.04 Å². The molecule has 1 atom stereocenters. The van der Waals surface area contributed by atoms with Crippen molar-refractivity contribution in [1.29, 1.82) is 0 Å². The lowest BCUT2D eigenvalue weighted by Crippen LogP contribution is -2.48. The lowest BCUT2D eigenvalue weighted by atomic mass is 9.97. The zero-order valence-electron chi connectivity index (χ0n) is 12.8. The van der Waals surface area contributed by atoms with E-state index >= 15 is 0 Å². The third kappa shape index (κ3) is 6.37. The van der Waals surface area contributed by atoms with Crippen molar-refractivity contribution in [2.24, 2.45) is 11.7 Å². The minimum absolute atomic E-state index is 0.0236. The van der Waals surface area contributed by atoms with E-state index in [1.807, 2.05) is 13.8 Å². The van der Waals surface area contributed by atoms with Crippen LogP contribution in [0.3, 0.4) is 0 Å². The Morgan fingerprint density at radius 1 is 1.10 bits per heavy atom. The van der Waals surface area contributed by atoms with Crippen LogP contribution in [0, 0.1) is 5.92 Å². The molecule has 0 radical (unpaired) electrons. The molecule has 4 N–H and O–H groups in total. The van der Waals surface area contributed by atoms with Gasteiger partial charge in [0.1, 0.15) is 0 Å². The summed E-state index contributed by atoms with van der Waals surface area (Å²) in [5.74, 6) is -0.295. The van der Waals surface area contributed by atoms with E-state index in [4.69, 9.17) is 5.73 Å². The molecule has 0 aromatic rings. The Balaban J connectivity index is 2.26. The molecule has 1 saturated carbocycles. The van der Waals surface area contributed by atoms with Gasteiger partial charge in [0.15, 0.2) is 0 Å². The number of hydrogen-bond acceptors (Lipinski definition) is 3. The van der Waals surface area contributed by atoms with E-state index in [9.17, 15) is 9.59 Å². The highest BCUT2D eigenvalue weighted by atomic mass is 16.2. The predicted octanol–water partition coefficient (Wildman–Crippen LogP) is 1.31. The SMILES string of the molecule is CC(C)[C@H](N)C(=O)NCC(=O)NC1CCCCCCC1. The smallest absolute Gasteiger partial charge is 0.239 e. The second-order valence-electron chi connectivity index (χ2n) is 6.10. The van der Waals surface area contributed by atoms with Crippen LogP contribution in [0.15, 0.2) is 0 Å². The lowest BCUT2D eigenvalue weighted by Gasteiger charge is -2.21. The van der Waals surface area contributed by atoms with Crippen LogP contribution >= 0.6 is 0 Å². The van der Waals surface area contributed by atoms with Gasteiger partial charge in [0.2, 0.25) is 11.8 Å². The summed E-state index contributed by atoms with van der Waals surface area (Å²) in [5, 5.41) is 5.62. The van der Waals surface area contributed by atoms with E-state index in [1.165, 1.54) is 32.1 Å². The van der Waals surface area contributed by atoms with Gasteiger partial charge < -0.3 is 16.4 Å². The molecule has 5 nitrogen and oxygen atoms in total. The Labute approximate surface area is 122 Å². The highest BCUT2D eigenvalue weighted by Gasteiger charge is 2.18. The molecule has 1 aliphatic rings. The largest absolute Gasteiger partial charge is 0.352 e. The third-order valence-electron chi connectivity index (χ3n) is 3.91. The van der Waals surface area contributed by atoms with Gasteiger partial charge in [-0.3, -0.25) is 9.59 Å². The number of nitrogens with one attached hydrogen (secondary N) is 2. The zero-order chi connectivity index (χ0) is 15.0. The molecule has 0 unspecified atom stereocenters. The number of carbonyl (C=O) groups excluding carboxylic acids is 2. The van der Waals surface area contributed by atoms with Gasteiger partial charge in [-0.25, -0.2) is 0 Å². The molecule has 0 spiro atoms. The van der Waals surface area contributed by atoms with Crippen molar-refractivity contribution in [1.82, 2.24) is 10.6 Å². The van der Waals surface area contributed by atoms with Crippen molar-refractivity contribution >= 4 is 11.8 Å². The van der Waals surface area contributed by atoms with Crippen molar-refractivity contribution in [2.45, 2.75) is 70.9 Å². The van der Waals surface area contributed by atoms with E-state index in [0.29, 0.717) is 0 Å². The molecule has 1 fully saturated rings. The number of carbonyl (C=O) groups is 2. The molecule has 0 heterocycles. The Kier molecular flexibility index (Phi) is 7.59. The molecule has 0 bridgehead atoms. The summed E-state index contributed by atoms with van der Waals surface area (Å²) in [4.78, 5) is 23.5. The fraction of sp³-hybridized carbons (Fsp3) is 0.867. The average Bonchev–Trinajstić information content (AvgIpc) is 2.38. The molecular weight excluding hydrogens is 254 g/mol. The molecule has 1 aliphatic carbocycles. The van der Waals surface area contributed by atoms with Crippen molar-refractivity contribution in [3.63, 3.8) is 0 Å². The van der Waals surface area contributed by atoms with Gasteiger partial charge in [0.05, 0.1) is 12.6 Å². The first-order valence-corrected chi connectivity index (χ1v) is 7.83. The van der Waals surface area contributed by atoms with E-state index in [1.54, 1.807) is 0 Å². The van der Waals surface area contributed by atoms with Gasteiger partial charge in [-0.15, -0.1) is 0 Å². The quantitative estimate of drug-likeness (QED) is 0.711. The van der Waals surface area contributed by atoms with Crippen LogP contribution in [0.1, 0.15) is 58.8 Å². The van der Waals surface area contributed by atoms with Gasteiger partial charge in [-0.2, -0.15) is 0 Å². The monoisotopic (exact) mass is 283 g/mol. The van der Waals surface area contributed by atoms with E-state index in [0.717, 1.165) is 12.8 Å². The number of hydrogen-bond donors (Lipinski definition) is 3. The second-order valence-corrected chi connectivity index (χ2v) is 6.10. The minimum atomic E-state index is -0.552. The molecule has 0 aromatic carbocycles. The standard InChI is InChI=1S/C15H29N3O2/c1-11(2)14(16)15(20)17-10-13(19)18-12-8-6-4-3-5-7-9-12/h11-12,14H,3-10,16H2,1-2H3,(H,17,20)(H,18,19)/t14-/m0/s1. The Morgan fingerprint density at radius 2 is 1.65 bits per heavy atom. The minimum Gasteiger partial charge on any atom is -0.352 e. The van der Waals surface area contributed by atoms with Crippen LogP contribution in [-0.4, -0.2) is 30.4 Å². The molecule has 0 saturated heterocycles. The molecule has 0 aromatic heterocycles. The van der Waals surface area contributed by atoms with Crippen molar-refractivity contribution in [3.05, 3.63) is 0 Å². The first kappa shape index (κ1) is 17.0. The Morgan fingerprint density at radius 3 is 2.20 bits per heavy atom. The fourth-order valence-corrected chi connectivity index (χ4v) is 2.47. The molecule has 116 valence electrons. The van der Waals surface area contributed by atoms with Crippen LogP contribution in [-0.2, 0) is 9.59 Å². The Hall–Kier alpha value is -1.10. The van der Waals surface area contributed by atoms with Crippen molar-refractivity contribution < 1.29 is 9.59 Å². The van der Waals surface area contributed by atoms with Crippen molar-refractivity contribution in [2.75, 3.05) is 6.54 Å². The maximum absolute atomic E-state index is 11.8. The number of amides is 2. The van der Waals surface area contributed by atoms with E-state index in [-0.39, 0.29) is 30.3 Å². The van der Waals surface area contributed by atoms with Crippen LogP contribution in [0.5, 0.6) is 0 Å². The van der Waals surface area contributed by atoms with E-state index < -0.39 is 6.04 Å². The molecule has 20 heavy (non-hydrogen) atoms. The summed E-state index contributed by atoms with van der Waals surface area (Å²) >= 11 is 0. The summed E-state index contributed by atoms with van der Waals surface area (Å²) < 4.78 is 0. The normalized spacial score (nSPS) is 19.0. The number of rotatable bonds is 5. The van der Waals surface area contributed by atoms with Crippen LogP contribution in [0.4, 0.5) is 0 Å². The highest BCUT2D eigenvalue weighted by Crippen LogP contribution is 2.16. The Bertz CT molecular complexity index is 310. The maximum atomic E-state index is 11.8. The molecular formula is C15H29N3O2. The third-order valence-corrected chi connectivity index (χ3v) is 3.91. The number of nitrogens with two attached hydrogens (primary N) is 1. The lowest BCUT2D eigenvalue weighted by molar-refractivity contribution is -0.127. The first-order chi connectivity index (χ1) is 9.50. The average molecular weight is 283 g/mol. The van der Waals surface area contributed by atoms with Crippen LogP contribution in [0.2, 0.25) is 0 Å². The van der Waals surface area contributed by atoms with Crippen LogP contribution < -0.4 is 16.4 Å².